The third-order valence-electron chi connectivity index (χ3n) is 3.19. The molecule has 1 fully saturated rings. The normalized spacial score (nSPS) is 28.4. The molecule has 1 rings (SSSR count). The summed E-state index contributed by atoms with van der Waals surface area (Å²) in [5.41, 5.74) is 0. The molecule has 0 heterocycles. The second-order valence-corrected chi connectivity index (χ2v) is 4.62. The van der Waals surface area contributed by atoms with Gasteiger partial charge in [-0.15, -0.1) is 0 Å². The molecule has 1 atom stereocenters. The molecule has 1 aliphatic carbocycles. The van der Waals surface area contributed by atoms with Gasteiger partial charge >= 0.3 is 6.18 Å². The Kier molecular flexibility index (Phi) is 4.60. The summed E-state index contributed by atoms with van der Waals surface area (Å²) in [7, 11) is 0. The first-order valence-electron chi connectivity index (χ1n) is 5.62. The molecule has 0 radical (unpaired) electrons. The van der Waals surface area contributed by atoms with Crippen LogP contribution in [0.3, 0.4) is 0 Å². The van der Waals surface area contributed by atoms with E-state index >= 15 is 0 Å². The minimum atomic E-state index is -4.24. The third-order valence-corrected chi connectivity index (χ3v) is 3.19. The van der Waals surface area contributed by atoms with Crippen LogP contribution in [0.15, 0.2) is 0 Å². The Balaban J connectivity index is 2.40. The maximum atomic E-state index is 12.0. The van der Waals surface area contributed by atoms with Crippen molar-refractivity contribution in [1.82, 2.24) is 5.32 Å². The van der Waals surface area contributed by atoms with E-state index in [1.165, 1.54) is 0 Å². The lowest BCUT2D eigenvalue weighted by atomic mass is 9.79. The maximum Gasteiger partial charge on any atom is 0.401 e. The summed E-state index contributed by atoms with van der Waals surface area (Å²) in [6.45, 7) is 1.07. The van der Waals surface area contributed by atoms with Crippen molar-refractivity contribution in [2.24, 2.45) is 11.8 Å². The lowest BCUT2D eigenvalue weighted by molar-refractivity contribution is -0.126. The zero-order valence-corrected chi connectivity index (χ0v) is 9.35. The van der Waals surface area contributed by atoms with Gasteiger partial charge in [-0.3, -0.25) is 5.32 Å². The molecular weight excluding hydrogens is 217 g/mol. The summed E-state index contributed by atoms with van der Waals surface area (Å²) >= 11 is 0. The number of hydrogen-bond donors (Lipinski definition) is 1. The Morgan fingerprint density at radius 1 is 1.31 bits per heavy atom. The lowest BCUT2D eigenvalue weighted by Crippen LogP contribution is -2.41. The molecule has 5 heteroatoms. The second-order valence-electron chi connectivity index (χ2n) is 4.62. The van der Waals surface area contributed by atoms with Gasteiger partial charge in [0.15, 0.2) is 0 Å². The average molecular weight is 234 g/mol. The second kappa shape index (κ2) is 5.53. The first kappa shape index (κ1) is 13.3. The lowest BCUT2D eigenvalue weighted by Gasteiger charge is -2.29. The number of alkyl halides is 3. The van der Waals surface area contributed by atoms with Crippen molar-refractivity contribution in [2.45, 2.75) is 44.8 Å². The van der Waals surface area contributed by atoms with Crippen LogP contribution in [0.1, 0.15) is 32.6 Å². The Bertz CT molecular complexity index is 249. The summed E-state index contributed by atoms with van der Waals surface area (Å²) < 4.78 is 36.0. The van der Waals surface area contributed by atoms with E-state index in [-0.39, 0.29) is 5.92 Å². The van der Waals surface area contributed by atoms with Gasteiger partial charge in [-0.25, -0.2) is 0 Å². The minimum absolute atomic E-state index is 0.0727. The van der Waals surface area contributed by atoms with Gasteiger partial charge < -0.3 is 0 Å². The molecule has 0 aromatic heterocycles. The van der Waals surface area contributed by atoms with Crippen LogP contribution >= 0.6 is 0 Å². The topological polar surface area (TPSA) is 35.8 Å². The van der Waals surface area contributed by atoms with Gasteiger partial charge in [0.25, 0.3) is 0 Å². The molecule has 0 aliphatic heterocycles. The quantitative estimate of drug-likeness (QED) is 0.815. The SMILES string of the molecule is CC1CCC(C(C#N)NCC(F)(F)F)CC1. The molecule has 16 heavy (non-hydrogen) atoms. The fourth-order valence-corrected chi connectivity index (χ4v) is 2.16. The Hall–Kier alpha value is -0.760. The van der Waals surface area contributed by atoms with E-state index in [0.29, 0.717) is 5.92 Å². The monoisotopic (exact) mass is 234 g/mol. The van der Waals surface area contributed by atoms with E-state index in [1.807, 2.05) is 6.07 Å². The predicted octanol–water partition coefficient (Wildman–Crippen LogP) is 2.86. The van der Waals surface area contributed by atoms with Crippen molar-refractivity contribution < 1.29 is 13.2 Å². The molecule has 0 aromatic carbocycles. The van der Waals surface area contributed by atoms with Gasteiger partial charge in [-0.2, -0.15) is 18.4 Å². The highest BCUT2D eigenvalue weighted by atomic mass is 19.4. The van der Waals surface area contributed by atoms with Crippen molar-refractivity contribution in [3.63, 3.8) is 0 Å². The van der Waals surface area contributed by atoms with Crippen molar-refractivity contribution in [3.05, 3.63) is 0 Å². The fraction of sp³-hybridized carbons (Fsp3) is 0.909. The Morgan fingerprint density at radius 2 is 1.88 bits per heavy atom. The van der Waals surface area contributed by atoms with Crippen LogP contribution in [-0.4, -0.2) is 18.8 Å². The molecule has 0 saturated heterocycles. The number of hydrogen-bond acceptors (Lipinski definition) is 2. The molecular formula is C11H17F3N2. The van der Waals surface area contributed by atoms with Crippen LogP contribution in [0, 0.1) is 23.2 Å². The first-order chi connectivity index (χ1) is 7.42. The highest BCUT2D eigenvalue weighted by Gasteiger charge is 2.31. The van der Waals surface area contributed by atoms with E-state index in [0.717, 1.165) is 25.7 Å². The molecule has 1 saturated carbocycles. The number of halogens is 3. The summed E-state index contributed by atoms with van der Waals surface area (Å²) in [6, 6.07) is 1.29. The minimum Gasteiger partial charge on any atom is -0.293 e. The van der Waals surface area contributed by atoms with E-state index in [4.69, 9.17) is 5.26 Å². The van der Waals surface area contributed by atoms with Gasteiger partial charge in [0.05, 0.1) is 18.7 Å². The van der Waals surface area contributed by atoms with Gasteiger partial charge in [0, 0.05) is 0 Å². The van der Waals surface area contributed by atoms with Crippen LogP contribution in [0.5, 0.6) is 0 Å². The highest BCUT2D eigenvalue weighted by molar-refractivity contribution is 4.96. The molecule has 0 aromatic rings. The van der Waals surface area contributed by atoms with Gasteiger partial charge in [0.1, 0.15) is 0 Å². The molecule has 0 amide bonds. The van der Waals surface area contributed by atoms with E-state index in [2.05, 4.69) is 12.2 Å². The molecule has 1 N–H and O–H groups in total. The third kappa shape index (κ3) is 4.40. The predicted molar refractivity (Wildman–Crippen MR) is 54.6 cm³/mol. The molecule has 2 nitrogen and oxygen atoms in total. The maximum absolute atomic E-state index is 12.0. The van der Waals surface area contributed by atoms with E-state index in [1.54, 1.807) is 0 Å². The zero-order chi connectivity index (χ0) is 12.2. The van der Waals surface area contributed by atoms with Crippen molar-refractivity contribution >= 4 is 0 Å². The number of nitriles is 1. The summed E-state index contributed by atoms with van der Waals surface area (Å²) in [5.74, 6) is 0.710. The smallest absolute Gasteiger partial charge is 0.293 e. The van der Waals surface area contributed by atoms with Gasteiger partial charge in [0.2, 0.25) is 0 Å². The number of nitrogens with one attached hydrogen (secondary N) is 1. The van der Waals surface area contributed by atoms with Crippen molar-refractivity contribution in [3.8, 4) is 6.07 Å². The first-order valence-corrected chi connectivity index (χ1v) is 5.62. The standard InChI is InChI=1S/C11H17F3N2/c1-8-2-4-9(5-3-8)10(6-15)16-7-11(12,13)14/h8-10,16H,2-5,7H2,1H3. The van der Waals surface area contributed by atoms with Crippen LogP contribution < -0.4 is 5.32 Å². The number of rotatable bonds is 3. The number of nitrogens with zero attached hydrogens (tertiary/aromatic N) is 1. The van der Waals surface area contributed by atoms with Crippen molar-refractivity contribution in [2.75, 3.05) is 6.54 Å². The van der Waals surface area contributed by atoms with Gasteiger partial charge in [-0.1, -0.05) is 19.8 Å². The molecule has 0 bridgehead atoms. The fourth-order valence-electron chi connectivity index (χ4n) is 2.16. The van der Waals surface area contributed by atoms with Crippen molar-refractivity contribution in [1.29, 1.82) is 5.26 Å². The largest absolute Gasteiger partial charge is 0.401 e. The summed E-state index contributed by atoms with van der Waals surface area (Å²) in [4.78, 5) is 0. The van der Waals surface area contributed by atoms with E-state index in [9.17, 15) is 13.2 Å². The molecule has 0 spiro atoms. The highest BCUT2D eigenvalue weighted by Crippen LogP contribution is 2.30. The zero-order valence-electron chi connectivity index (χ0n) is 9.35. The van der Waals surface area contributed by atoms with Crippen LogP contribution in [0.25, 0.3) is 0 Å². The molecule has 1 unspecified atom stereocenters. The van der Waals surface area contributed by atoms with Crippen LogP contribution in [0.4, 0.5) is 13.2 Å². The Labute approximate surface area is 93.8 Å². The molecule has 92 valence electrons. The summed E-state index contributed by atoms with van der Waals surface area (Å²) in [6.07, 6.45) is -0.515. The van der Waals surface area contributed by atoms with Crippen LogP contribution in [0.2, 0.25) is 0 Å². The Morgan fingerprint density at radius 3 is 2.31 bits per heavy atom. The van der Waals surface area contributed by atoms with Crippen LogP contribution in [-0.2, 0) is 0 Å². The summed E-state index contributed by atoms with van der Waals surface area (Å²) in [5, 5.41) is 11.2. The molecule has 1 aliphatic rings. The van der Waals surface area contributed by atoms with Gasteiger partial charge in [-0.05, 0) is 24.7 Å². The van der Waals surface area contributed by atoms with E-state index < -0.39 is 18.8 Å². The average Bonchev–Trinajstić information content (AvgIpc) is 2.20.